The second-order valence-electron chi connectivity index (χ2n) is 12.5. The minimum atomic E-state index is 0.702. The number of fused-ring (bicyclic) bond motifs is 6. The molecule has 254 valence electrons. The van der Waals surface area contributed by atoms with Crippen molar-refractivity contribution in [3.05, 3.63) is 133 Å². The Hall–Kier alpha value is -6.80. The van der Waals surface area contributed by atoms with E-state index >= 15 is 0 Å². The molecule has 0 N–H and O–H groups in total. The predicted molar refractivity (Wildman–Crippen MR) is 208 cm³/mol. The third-order valence-corrected chi connectivity index (χ3v) is 9.74. The van der Waals surface area contributed by atoms with Crippen molar-refractivity contribution < 1.29 is 18.9 Å². The minimum absolute atomic E-state index is 0.702. The van der Waals surface area contributed by atoms with Gasteiger partial charge in [0.05, 0.1) is 50.5 Å². The molecule has 0 bridgehead atoms. The van der Waals surface area contributed by atoms with Gasteiger partial charge in [-0.15, -0.1) is 0 Å². The molecule has 0 saturated carbocycles. The van der Waals surface area contributed by atoms with Crippen LogP contribution in [0, 0.1) is 0 Å². The smallest absolute Gasteiger partial charge is 0.165 e. The third-order valence-electron chi connectivity index (χ3n) is 9.74. The van der Waals surface area contributed by atoms with Crippen molar-refractivity contribution in [2.45, 2.75) is 0 Å². The Labute approximate surface area is 300 Å². The highest BCUT2D eigenvalue weighted by molar-refractivity contribution is 6.12. The molecule has 8 nitrogen and oxygen atoms in total. The largest absolute Gasteiger partial charge is 0.497 e. The average Bonchev–Trinajstić information content (AvgIpc) is 3.71. The summed E-state index contributed by atoms with van der Waals surface area (Å²) in [6.07, 6.45) is 0. The fourth-order valence-electron chi connectivity index (χ4n) is 7.24. The molecule has 0 amide bonds. The van der Waals surface area contributed by atoms with Gasteiger partial charge in [0.1, 0.15) is 34.4 Å². The van der Waals surface area contributed by atoms with Crippen molar-refractivity contribution >= 4 is 43.6 Å². The number of benzene rings is 6. The molecule has 0 radical (unpaired) electrons. The fraction of sp³-hybridized carbons (Fsp3) is 0.0909. The molecule has 0 saturated heterocycles. The maximum absolute atomic E-state index is 5.68. The van der Waals surface area contributed by atoms with Gasteiger partial charge in [0, 0.05) is 32.7 Å². The van der Waals surface area contributed by atoms with Crippen LogP contribution in [0.15, 0.2) is 133 Å². The number of hydrogen-bond donors (Lipinski definition) is 0. The Morgan fingerprint density at radius 1 is 0.365 bits per heavy atom. The number of methoxy groups -OCH3 is 4. The molecule has 0 aliphatic carbocycles. The number of aromatic nitrogens is 4. The van der Waals surface area contributed by atoms with E-state index in [0.29, 0.717) is 11.6 Å². The van der Waals surface area contributed by atoms with Gasteiger partial charge >= 0.3 is 0 Å². The van der Waals surface area contributed by atoms with E-state index in [9.17, 15) is 0 Å². The lowest BCUT2D eigenvalue weighted by atomic mass is 10.1. The molecule has 0 unspecified atom stereocenters. The van der Waals surface area contributed by atoms with Gasteiger partial charge in [-0.2, -0.15) is 0 Å². The van der Waals surface area contributed by atoms with E-state index < -0.39 is 0 Å². The van der Waals surface area contributed by atoms with Crippen molar-refractivity contribution in [1.29, 1.82) is 0 Å². The zero-order chi connectivity index (χ0) is 35.3. The summed E-state index contributed by atoms with van der Waals surface area (Å²) >= 11 is 0. The van der Waals surface area contributed by atoms with E-state index in [0.717, 1.165) is 89.1 Å². The van der Waals surface area contributed by atoms with Gasteiger partial charge < -0.3 is 18.9 Å². The Kier molecular flexibility index (Phi) is 7.51. The van der Waals surface area contributed by atoms with Crippen LogP contribution in [0.1, 0.15) is 0 Å². The maximum atomic E-state index is 5.68. The van der Waals surface area contributed by atoms with Crippen LogP contribution in [-0.2, 0) is 0 Å². The number of nitrogens with zero attached hydrogens (tertiary/aromatic N) is 4. The van der Waals surface area contributed by atoms with Crippen molar-refractivity contribution in [2.24, 2.45) is 0 Å². The topological polar surface area (TPSA) is 72.6 Å². The number of ether oxygens (including phenoxy) is 4. The zero-order valence-corrected chi connectivity index (χ0v) is 29.1. The molecule has 0 aliphatic rings. The summed E-state index contributed by atoms with van der Waals surface area (Å²) in [5.74, 6) is 4.47. The van der Waals surface area contributed by atoms with Gasteiger partial charge in [0.15, 0.2) is 11.6 Å². The van der Waals surface area contributed by atoms with Crippen LogP contribution in [0.4, 0.5) is 0 Å². The van der Waals surface area contributed by atoms with Crippen LogP contribution >= 0.6 is 0 Å². The van der Waals surface area contributed by atoms with Crippen molar-refractivity contribution in [1.82, 2.24) is 19.1 Å². The Morgan fingerprint density at radius 3 is 0.923 bits per heavy atom. The summed E-state index contributed by atoms with van der Waals surface area (Å²) in [6.45, 7) is 0. The van der Waals surface area contributed by atoms with Gasteiger partial charge in [-0.05, 0) is 72.8 Å². The molecule has 9 rings (SSSR count). The van der Waals surface area contributed by atoms with E-state index in [2.05, 4.69) is 81.9 Å². The molecule has 6 aromatic carbocycles. The molecular weight excluding hydrogens is 649 g/mol. The molecule has 8 heteroatoms. The lowest BCUT2D eigenvalue weighted by Crippen LogP contribution is -2.10. The second kappa shape index (κ2) is 12.5. The fourth-order valence-corrected chi connectivity index (χ4v) is 7.24. The molecular formula is C44H34N4O4. The third kappa shape index (κ3) is 4.91. The van der Waals surface area contributed by atoms with Crippen LogP contribution in [-0.4, -0.2) is 47.5 Å². The van der Waals surface area contributed by atoms with Crippen LogP contribution in [0.25, 0.3) is 77.8 Å². The van der Waals surface area contributed by atoms with Crippen molar-refractivity contribution in [2.75, 3.05) is 28.4 Å². The first-order chi connectivity index (χ1) is 25.6. The first-order valence-corrected chi connectivity index (χ1v) is 17.0. The highest BCUT2D eigenvalue weighted by Crippen LogP contribution is 2.42. The first kappa shape index (κ1) is 31.2. The summed E-state index contributed by atoms with van der Waals surface area (Å²) in [7, 11) is 6.74. The molecule has 3 heterocycles. The van der Waals surface area contributed by atoms with Gasteiger partial charge in [-0.1, -0.05) is 60.7 Å². The van der Waals surface area contributed by atoms with E-state index in [1.165, 1.54) is 0 Å². The normalized spacial score (nSPS) is 11.5. The predicted octanol–water partition coefficient (Wildman–Crippen LogP) is 10.0. The summed E-state index contributed by atoms with van der Waals surface area (Å²) in [4.78, 5) is 11.3. The minimum Gasteiger partial charge on any atom is -0.497 e. The molecule has 0 spiro atoms. The summed E-state index contributed by atoms with van der Waals surface area (Å²) in [5, 5.41) is 4.07. The Bertz CT molecular complexity index is 2470. The lowest BCUT2D eigenvalue weighted by Gasteiger charge is -2.19. The highest BCUT2D eigenvalue weighted by Gasteiger charge is 2.25. The Morgan fingerprint density at radius 2 is 0.654 bits per heavy atom. The van der Waals surface area contributed by atoms with Gasteiger partial charge in [-0.25, -0.2) is 9.97 Å². The van der Waals surface area contributed by atoms with Crippen LogP contribution in [0.3, 0.4) is 0 Å². The van der Waals surface area contributed by atoms with Gasteiger partial charge in [0.25, 0.3) is 0 Å². The van der Waals surface area contributed by atoms with Crippen LogP contribution in [0.2, 0.25) is 0 Å². The second-order valence-corrected chi connectivity index (χ2v) is 12.5. The molecule has 0 aliphatic heterocycles. The SMILES string of the molecule is COc1ccc2c(c1)c1cc(OC)ccc1n2-c1nc(-c2ccccc2)c(-n2c3ccc(OC)cc3c3cc(OC)ccc32)nc1-c1ccccc1. The van der Waals surface area contributed by atoms with E-state index in [4.69, 9.17) is 28.9 Å². The number of rotatable bonds is 8. The molecule has 9 aromatic rings. The molecule has 0 atom stereocenters. The lowest BCUT2D eigenvalue weighted by molar-refractivity contribution is 0.415. The highest BCUT2D eigenvalue weighted by atomic mass is 16.5. The monoisotopic (exact) mass is 682 g/mol. The van der Waals surface area contributed by atoms with Crippen LogP contribution in [0.5, 0.6) is 23.0 Å². The summed E-state index contributed by atoms with van der Waals surface area (Å²) in [5.41, 5.74) is 7.22. The zero-order valence-electron chi connectivity index (χ0n) is 29.1. The van der Waals surface area contributed by atoms with Crippen molar-refractivity contribution in [3.63, 3.8) is 0 Å². The summed E-state index contributed by atoms with van der Waals surface area (Å²) in [6, 6.07) is 45.0. The van der Waals surface area contributed by atoms with Crippen LogP contribution < -0.4 is 18.9 Å². The molecule has 52 heavy (non-hydrogen) atoms. The molecule has 3 aromatic heterocycles. The quantitative estimate of drug-likeness (QED) is 0.159. The first-order valence-electron chi connectivity index (χ1n) is 17.0. The van der Waals surface area contributed by atoms with Gasteiger partial charge in [0.2, 0.25) is 0 Å². The Balaban J connectivity index is 1.45. The number of hydrogen-bond acceptors (Lipinski definition) is 6. The van der Waals surface area contributed by atoms with E-state index in [-0.39, 0.29) is 0 Å². The van der Waals surface area contributed by atoms with Gasteiger partial charge in [-0.3, -0.25) is 9.13 Å². The van der Waals surface area contributed by atoms with Crippen molar-refractivity contribution in [3.8, 4) is 57.1 Å². The van der Waals surface area contributed by atoms with E-state index in [1.54, 1.807) is 28.4 Å². The molecule has 0 fully saturated rings. The maximum Gasteiger partial charge on any atom is 0.165 e. The van der Waals surface area contributed by atoms with E-state index in [1.807, 2.05) is 60.7 Å². The average molecular weight is 683 g/mol. The summed E-state index contributed by atoms with van der Waals surface area (Å²) < 4.78 is 27.1. The standard InChI is InChI=1S/C44H34N4O4/c1-49-29-15-19-37-33(23-29)34-24-30(50-2)16-20-38(34)47(37)43-41(27-11-7-5-8-12-27)46-44(42(45-43)28-13-9-6-10-14-28)48-39-21-17-31(51-3)25-35(39)36-26-32(52-4)18-22-40(36)48/h5-26H,1-4H3.